The van der Waals surface area contributed by atoms with Gasteiger partial charge in [0.05, 0.1) is 5.69 Å². The Morgan fingerprint density at radius 1 is 1.25 bits per heavy atom. The van der Waals surface area contributed by atoms with Crippen molar-refractivity contribution in [3.63, 3.8) is 0 Å². The Morgan fingerprint density at radius 2 is 2.06 bits per heavy atom. The van der Waals surface area contributed by atoms with Gasteiger partial charge in [0, 0.05) is 10.5 Å². The van der Waals surface area contributed by atoms with E-state index in [2.05, 4.69) is 20.0 Å². The average Bonchev–Trinajstić information content (AvgIpc) is 2.30. The van der Waals surface area contributed by atoms with Crippen LogP contribution in [0.15, 0.2) is 41.8 Å². The fraction of sp³-hybridized carbons (Fsp3) is 0. The van der Waals surface area contributed by atoms with Crippen LogP contribution in [0.1, 0.15) is 0 Å². The Kier molecular flexibility index (Phi) is 2.67. The topological polar surface area (TPSA) is 94.8 Å². The maximum Gasteiger partial charge on any atom is 0.130 e. The van der Waals surface area contributed by atoms with Gasteiger partial charge in [0.25, 0.3) is 0 Å². The van der Waals surface area contributed by atoms with E-state index in [1.807, 2.05) is 0 Å². The van der Waals surface area contributed by atoms with Gasteiger partial charge in [-0.3, -0.25) is 0 Å². The lowest BCUT2D eigenvalue weighted by molar-refractivity contribution is 0.477. The molecule has 0 fully saturated rings. The number of azide groups is 1. The highest BCUT2D eigenvalue weighted by molar-refractivity contribution is 5.67. The number of para-hydroxylation sites is 1. The largest absolute Gasteiger partial charge is 0.507 e. The van der Waals surface area contributed by atoms with E-state index in [4.69, 9.17) is 5.53 Å². The molecule has 16 heavy (non-hydrogen) atoms. The normalized spacial score (nSPS) is 9.50. The van der Waals surface area contributed by atoms with Crippen molar-refractivity contribution in [3.05, 3.63) is 47.1 Å². The lowest BCUT2D eigenvalue weighted by atomic mass is 10.1. The van der Waals surface area contributed by atoms with Crippen LogP contribution in [-0.2, 0) is 0 Å². The zero-order valence-corrected chi connectivity index (χ0v) is 8.15. The summed E-state index contributed by atoms with van der Waals surface area (Å²) in [6.45, 7) is 0. The number of nitrogens with zero attached hydrogens (tertiary/aromatic N) is 5. The number of aromatic hydroxyl groups is 1. The van der Waals surface area contributed by atoms with Gasteiger partial charge in [0.15, 0.2) is 0 Å². The second kappa shape index (κ2) is 4.29. The first-order chi connectivity index (χ1) is 7.81. The molecule has 6 nitrogen and oxygen atoms in total. The van der Waals surface area contributed by atoms with Gasteiger partial charge in [-0.05, 0) is 28.8 Å². The highest BCUT2D eigenvalue weighted by Crippen LogP contribution is 2.28. The molecule has 2 rings (SSSR count). The van der Waals surface area contributed by atoms with Crippen LogP contribution in [-0.4, -0.2) is 15.1 Å². The van der Waals surface area contributed by atoms with E-state index in [9.17, 15) is 5.11 Å². The predicted octanol–water partition coefficient (Wildman–Crippen LogP) is 2.79. The lowest BCUT2D eigenvalue weighted by Crippen LogP contribution is -1.85. The molecule has 0 aliphatic carbocycles. The number of benzene rings is 1. The Balaban J connectivity index is 2.52. The number of hydrogen-bond acceptors (Lipinski definition) is 4. The van der Waals surface area contributed by atoms with Gasteiger partial charge in [0.2, 0.25) is 0 Å². The molecule has 1 aromatic carbocycles. The minimum absolute atomic E-state index is 0.119. The van der Waals surface area contributed by atoms with Crippen LogP contribution >= 0.6 is 0 Å². The first-order valence-corrected chi connectivity index (χ1v) is 4.47. The molecular formula is C10H7N5O. The Labute approximate surface area is 90.9 Å². The number of aromatic nitrogens is 2. The van der Waals surface area contributed by atoms with Crippen LogP contribution in [0, 0.1) is 0 Å². The second-order valence-corrected chi connectivity index (χ2v) is 2.97. The highest BCUT2D eigenvalue weighted by Gasteiger charge is 2.05. The predicted molar refractivity (Wildman–Crippen MR) is 57.9 cm³/mol. The third kappa shape index (κ3) is 1.92. The number of hydrogen-bond donors (Lipinski definition) is 1. The third-order valence-corrected chi connectivity index (χ3v) is 1.98. The fourth-order valence-electron chi connectivity index (χ4n) is 1.29. The Hall–Kier alpha value is -2.59. The molecular weight excluding hydrogens is 206 g/mol. The van der Waals surface area contributed by atoms with Gasteiger partial charge < -0.3 is 5.11 Å². The number of rotatable bonds is 2. The van der Waals surface area contributed by atoms with Gasteiger partial charge in [0.1, 0.15) is 17.9 Å². The van der Waals surface area contributed by atoms with E-state index in [0.717, 1.165) is 0 Å². The molecule has 1 N–H and O–H groups in total. The molecule has 0 aliphatic rings. The molecule has 0 saturated heterocycles. The van der Waals surface area contributed by atoms with Crippen molar-refractivity contribution in [3.8, 4) is 17.0 Å². The zero-order chi connectivity index (χ0) is 11.4. The summed E-state index contributed by atoms with van der Waals surface area (Å²) >= 11 is 0. The van der Waals surface area contributed by atoms with Crippen molar-refractivity contribution in [2.24, 2.45) is 5.11 Å². The Bertz CT molecular complexity index is 563. The van der Waals surface area contributed by atoms with Crippen LogP contribution < -0.4 is 0 Å². The standard InChI is InChI=1S/C10H7N5O/c11-15-14-10-5-8(12-6-13-10)7-3-1-2-4-9(7)16/h1-6,16H. The molecule has 0 amide bonds. The van der Waals surface area contributed by atoms with E-state index in [1.54, 1.807) is 24.3 Å². The first-order valence-electron chi connectivity index (χ1n) is 4.47. The summed E-state index contributed by atoms with van der Waals surface area (Å²) in [6, 6.07) is 8.29. The van der Waals surface area contributed by atoms with Crippen molar-refractivity contribution >= 4 is 5.82 Å². The summed E-state index contributed by atoms with van der Waals surface area (Å²) in [5, 5.41) is 13.0. The quantitative estimate of drug-likeness (QED) is 0.472. The van der Waals surface area contributed by atoms with Crippen molar-refractivity contribution in [1.29, 1.82) is 0 Å². The van der Waals surface area contributed by atoms with Crippen LogP contribution in [0.25, 0.3) is 21.7 Å². The van der Waals surface area contributed by atoms with Gasteiger partial charge in [-0.1, -0.05) is 12.1 Å². The Morgan fingerprint density at radius 3 is 2.81 bits per heavy atom. The SMILES string of the molecule is [N-]=[N+]=Nc1cc(-c2ccccc2O)ncn1. The molecule has 2 aromatic rings. The van der Waals surface area contributed by atoms with Crippen molar-refractivity contribution in [2.75, 3.05) is 0 Å². The summed E-state index contributed by atoms with van der Waals surface area (Å²) in [6.07, 6.45) is 1.28. The maximum atomic E-state index is 9.62. The molecule has 1 heterocycles. The molecule has 0 saturated carbocycles. The fourth-order valence-corrected chi connectivity index (χ4v) is 1.29. The molecule has 0 radical (unpaired) electrons. The van der Waals surface area contributed by atoms with Crippen molar-refractivity contribution in [2.45, 2.75) is 0 Å². The summed E-state index contributed by atoms with van der Waals surface area (Å²) in [5.74, 6) is 0.337. The van der Waals surface area contributed by atoms with E-state index < -0.39 is 0 Å². The highest BCUT2D eigenvalue weighted by atomic mass is 16.3. The van der Waals surface area contributed by atoms with Crippen LogP contribution in [0.2, 0.25) is 0 Å². The second-order valence-electron chi connectivity index (χ2n) is 2.97. The van der Waals surface area contributed by atoms with Gasteiger partial charge in [-0.25, -0.2) is 9.97 Å². The summed E-state index contributed by atoms with van der Waals surface area (Å²) < 4.78 is 0. The zero-order valence-electron chi connectivity index (χ0n) is 8.15. The van der Waals surface area contributed by atoms with Crippen LogP contribution in [0.5, 0.6) is 5.75 Å². The van der Waals surface area contributed by atoms with Crippen LogP contribution in [0.3, 0.4) is 0 Å². The molecule has 0 aliphatic heterocycles. The van der Waals surface area contributed by atoms with Crippen molar-refractivity contribution < 1.29 is 5.11 Å². The van der Waals surface area contributed by atoms with E-state index in [1.165, 1.54) is 12.4 Å². The number of phenolic OH excluding ortho intramolecular Hbond substituents is 1. The van der Waals surface area contributed by atoms with E-state index in [0.29, 0.717) is 11.3 Å². The van der Waals surface area contributed by atoms with Gasteiger partial charge in [-0.15, -0.1) is 0 Å². The first kappa shape index (κ1) is 9.95. The molecule has 6 heteroatoms. The van der Waals surface area contributed by atoms with Gasteiger partial charge >= 0.3 is 0 Å². The summed E-state index contributed by atoms with van der Waals surface area (Å²) in [5.41, 5.74) is 9.36. The minimum Gasteiger partial charge on any atom is -0.507 e. The molecule has 0 atom stereocenters. The molecule has 0 unspecified atom stereocenters. The molecule has 1 aromatic heterocycles. The van der Waals surface area contributed by atoms with Crippen LogP contribution in [0.4, 0.5) is 5.82 Å². The monoisotopic (exact) mass is 213 g/mol. The van der Waals surface area contributed by atoms with E-state index in [-0.39, 0.29) is 11.6 Å². The summed E-state index contributed by atoms with van der Waals surface area (Å²) in [7, 11) is 0. The van der Waals surface area contributed by atoms with Crippen molar-refractivity contribution in [1.82, 2.24) is 9.97 Å². The number of phenols is 1. The molecule has 78 valence electrons. The van der Waals surface area contributed by atoms with E-state index >= 15 is 0 Å². The smallest absolute Gasteiger partial charge is 0.130 e. The van der Waals surface area contributed by atoms with Gasteiger partial charge in [-0.2, -0.15) is 0 Å². The lowest BCUT2D eigenvalue weighted by Gasteiger charge is -2.02. The third-order valence-electron chi connectivity index (χ3n) is 1.98. The molecule has 0 spiro atoms. The average molecular weight is 213 g/mol. The minimum atomic E-state index is 0.119. The summed E-state index contributed by atoms with van der Waals surface area (Å²) in [4.78, 5) is 10.4. The molecule has 0 bridgehead atoms. The maximum absolute atomic E-state index is 9.62.